The lowest BCUT2D eigenvalue weighted by molar-refractivity contribution is -0.137. The van der Waals surface area contributed by atoms with E-state index in [9.17, 15) is 19.2 Å². The van der Waals surface area contributed by atoms with Crippen molar-refractivity contribution in [2.45, 2.75) is 44.8 Å². The molecule has 0 radical (unpaired) electrons. The highest BCUT2D eigenvalue weighted by atomic mass is 127. The molecule has 0 bridgehead atoms. The molecule has 0 aromatic rings. The van der Waals surface area contributed by atoms with Crippen molar-refractivity contribution < 1.29 is 29.4 Å². The summed E-state index contributed by atoms with van der Waals surface area (Å²) in [5.74, 6) is -1.49. The lowest BCUT2D eigenvalue weighted by atomic mass is 10.1. The van der Waals surface area contributed by atoms with Crippen LogP contribution in [-0.2, 0) is 19.2 Å². The van der Waals surface area contributed by atoms with Crippen LogP contribution in [0.5, 0.6) is 0 Å². The van der Waals surface area contributed by atoms with Crippen molar-refractivity contribution in [3.63, 3.8) is 0 Å². The second-order valence-electron chi connectivity index (χ2n) is 5.01. The molecule has 0 aromatic heterocycles. The molecule has 10 heteroatoms. The molecule has 0 aliphatic heterocycles. The fourth-order valence-electron chi connectivity index (χ4n) is 1.62. The van der Waals surface area contributed by atoms with E-state index < -0.39 is 35.7 Å². The van der Waals surface area contributed by atoms with E-state index in [1.165, 1.54) is 22.6 Å². The van der Waals surface area contributed by atoms with Gasteiger partial charge < -0.3 is 20.8 Å². The maximum atomic E-state index is 12.3. The van der Waals surface area contributed by atoms with Crippen molar-refractivity contribution in [2.75, 3.05) is 12.4 Å². The molecule has 23 heavy (non-hydrogen) atoms. The van der Waals surface area contributed by atoms with Gasteiger partial charge in [-0.2, -0.15) is 0 Å². The molecule has 4 N–H and O–H groups in total. The SMILES string of the molecule is CC(C)N[C@@H](CCC(=O)O)C(=O)N[C@@H](CSC(=O)CO)C(=O)I. The first-order chi connectivity index (χ1) is 10.7. The second-order valence-corrected chi connectivity index (χ2v) is 7.15. The molecule has 0 rings (SSSR count). The van der Waals surface area contributed by atoms with Gasteiger partial charge in [-0.25, -0.2) is 0 Å². The number of aliphatic carboxylic acids is 1. The van der Waals surface area contributed by atoms with E-state index >= 15 is 0 Å². The monoisotopic (exact) mass is 460 g/mol. The highest BCUT2D eigenvalue weighted by Gasteiger charge is 2.25. The highest BCUT2D eigenvalue weighted by Crippen LogP contribution is 2.09. The maximum absolute atomic E-state index is 12.3. The normalized spacial score (nSPS) is 13.4. The number of aliphatic hydroxyl groups is 1. The Balaban J connectivity index is 4.76. The van der Waals surface area contributed by atoms with Crippen molar-refractivity contribution >= 4 is 55.1 Å². The van der Waals surface area contributed by atoms with Gasteiger partial charge in [0.25, 0.3) is 0 Å². The summed E-state index contributed by atoms with van der Waals surface area (Å²) in [4.78, 5) is 45.6. The summed E-state index contributed by atoms with van der Waals surface area (Å²) in [6.45, 7) is 2.99. The summed E-state index contributed by atoms with van der Waals surface area (Å²) >= 11 is 2.28. The maximum Gasteiger partial charge on any atom is 0.303 e. The molecular weight excluding hydrogens is 439 g/mol. The number of carbonyl (C=O) groups excluding carboxylic acids is 3. The number of amides is 1. The van der Waals surface area contributed by atoms with Gasteiger partial charge in [-0.3, -0.25) is 19.2 Å². The molecule has 0 unspecified atom stereocenters. The summed E-state index contributed by atoms with van der Waals surface area (Å²) < 4.78 is -0.351. The van der Waals surface area contributed by atoms with Gasteiger partial charge in [0.2, 0.25) is 14.8 Å². The van der Waals surface area contributed by atoms with E-state index in [0.717, 1.165) is 11.8 Å². The summed E-state index contributed by atoms with van der Waals surface area (Å²) in [7, 11) is 0. The van der Waals surface area contributed by atoms with Crippen molar-refractivity contribution in [1.29, 1.82) is 0 Å². The van der Waals surface area contributed by atoms with Crippen LogP contribution in [0.4, 0.5) is 0 Å². The summed E-state index contributed by atoms with van der Waals surface area (Å²) in [5.41, 5.74) is 0. The first-order valence-corrected chi connectivity index (χ1v) is 8.97. The smallest absolute Gasteiger partial charge is 0.303 e. The molecular formula is C13H21IN2O6S. The third kappa shape index (κ3) is 10.6. The van der Waals surface area contributed by atoms with Gasteiger partial charge in [-0.05, 0) is 6.42 Å². The number of carboxylic acids is 1. The van der Waals surface area contributed by atoms with E-state index in [1.54, 1.807) is 0 Å². The Hall–Kier alpha value is -0.720. The first kappa shape index (κ1) is 22.3. The van der Waals surface area contributed by atoms with Crippen LogP contribution in [0.25, 0.3) is 0 Å². The Morgan fingerprint density at radius 1 is 1.17 bits per heavy atom. The van der Waals surface area contributed by atoms with Crippen molar-refractivity contribution in [3.8, 4) is 0 Å². The van der Waals surface area contributed by atoms with Crippen molar-refractivity contribution in [1.82, 2.24) is 10.6 Å². The Morgan fingerprint density at radius 3 is 2.22 bits per heavy atom. The van der Waals surface area contributed by atoms with Crippen LogP contribution in [0.2, 0.25) is 0 Å². The van der Waals surface area contributed by atoms with Crippen LogP contribution in [0.1, 0.15) is 26.7 Å². The number of halogens is 1. The second kappa shape index (κ2) is 11.8. The molecule has 0 saturated heterocycles. The molecule has 0 aliphatic carbocycles. The van der Waals surface area contributed by atoms with E-state index in [1.807, 2.05) is 13.8 Å². The van der Waals surface area contributed by atoms with Crippen LogP contribution in [0.15, 0.2) is 0 Å². The molecule has 0 aromatic carbocycles. The number of rotatable bonds is 11. The molecule has 0 fully saturated rings. The number of hydrogen-bond acceptors (Lipinski definition) is 7. The number of aliphatic hydroxyl groups excluding tert-OH is 1. The van der Waals surface area contributed by atoms with Gasteiger partial charge in [-0.1, -0.05) is 25.6 Å². The van der Waals surface area contributed by atoms with Gasteiger partial charge in [0.15, 0.2) is 0 Å². The quantitative estimate of drug-likeness (QED) is 0.249. The van der Waals surface area contributed by atoms with E-state index in [-0.39, 0.29) is 28.4 Å². The van der Waals surface area contributed by atoms with Gasteiger partial charge in [0.1, 0.15) is 12.6 Å². The van der Waals surface area contributed by atoms with E-state index in [4.69, 9.17) is 10.2 Å². The minimum atomic E-state index is -1.01. The zero-order chi connectivity index (χ0) is 18.0. The number of carboxylic acid groups (broad SMARTS) is 1. The van der Waals surface area contributed by atoms with Crippen LogP contribution < -0.4 is 10.6 Å². The fraction of sp³-hybridized carbons (Fsp3) is 0.692. The van der Waals surface area contributed by atoms with E-state index in [2.05, 4.69) is 10.6 Å². The Bertz CT molecular complexity index is 446. The van der Waals surface area contributed by atoms with Crippen LogP contribution >= 0.6 is 34.4 Å². The van der Waals surface area contributed by atoms with Gasteiger partial charge >= 0.3 is 5.97 Å². The Kier molecular flexibility index (Phi) is 11.4. The molecule has 0 saturated carbocycles. The average Bonchev–Trinajstić information content (AvgIpc) is 2.46. The van der Waals surface area contributed by atoms with Crippen LogP contribution in [0, 0.1) is 0 Å². The van der Waals surface area contributed by atoms with Gasteiger partial charge in [0.05, 0.1) is 6.04 Å². The Labute approximate surface area is 152 Å². The van der Waals surface area contributed by atoms with Crippen LogP contribution in [0.3, 0.4) is 0 Å². The molecule has 132 valence electrons. The van der Waals surface area contributed by atoms with Crippen molar-refractivity contribution in [2.24, 2.45) is 0 Å². The lowest BCUT2D eigenvalue weighted by Gasteiger charge is -2.22. The third-order valence-electron chi connectivity index (χ3n) is 2.63. The topological polar surface area (TPSA) is 133 Å². The van der Waals surface area contributed by atoms with Crippen LogP contribution in [-0.4, -0.2) is 61.5 Å². The number of carbonyl (C=O) groups is 4. The number of hydrogen-bond donors (Lipinski definition) is 4. The summed E-state index contributed by atoms with van der Waals surface area (Å²) in [6, 6.07) is -1.67. The summed E-state index contributed by atoms with van der Waals surface area (Å²) in [6.07, 6.45) is -0.0946. The van der Waals surface area contributed by atoms with Gasteiger partial charge in [0, 0.05) is 40.8 Å². The predicted octanol–water partition coefficient (Wildman–Crippen LogP) is -0.0837. The average molecular weight is 460 g/mol. The van der Waals surface area contributed by atoms with Gasteiger partial charge in [-0.15, -0.1) is 0 Å². The minimum Gasteiger partial charge on any atom is -0.481 e. The zero-order valence-electron chi connectivity index (χ0n) is 12.9. The standard InChI is InChI=1S/C13H21IN2O6S/c1-7(2)15-8(3-4-10(18)19)13(22)16-9(12(14)21)6-23-11(20)5-17/h7-9,15,17H,3-6H2,1-2H3,(H,16,22)(H,18,19)/t8-,9-/m0/s1. The largest absolute Gasteiger partial charge is 0.481 e. The van der Waals surface area contributed by atoms with E-state index in [0.29, 0.717) is 0 Å². The lowest BCUT2D eigenvalue weighted by Crippen LogP contribution is -2.52. The Morgan fingerprint density at radius 2 is 1.78 bits per heavy atom. The molecule has 1 amide bonds. The predicted molar refractivity (Wildman–Crippen MR) is 94.4 cm³/mol. The molecule has 0 heterocycles. The summed E-state index contributed by atoms with van der Waals surface area (Å²) in [5, 5.41) is 22.4. The molecule has 8 nitrogen and oxygen atoms in total. The third-order valence-corrected chi connectivity index (χ3v) is 4.33. The number of nitrogens with one attached hydrogen (secondary N) is 2. The fourth-order valence-corrected chi connectivity index (χ4v) is 2.97. The first-order valence-electron chi connectivity index (χ1n) is 6.91. The number of thioether (sulfide) groups is 1. The molecule has 0 aliphatic rings. The molecule has 2 atom stereocenters. The highest BCUT2D eigenvalue weighted by molar-refractivity contribution is 14.1. The minimum absolute atomic E-state index is 0.0141. The van der Waals surface area contributed by atoms with Crippen molar-refractivity contribution in [3.05, 3.63) is 0 Å². The molecule has 0 spiro atoms. The zero-order valence-corrected chi connectivity index (χ0v) is 15.8.